The highest BCUT2D eigenvalue weighted by Crippen LogP contribution is 2.79. The molecule has 5 heteroatoms. The van der Waals surface area contributed by atoms with Crippen molar-refractivity contribution in [1.82, 2.24) is 0 Å². The Kier molecular flexibility index (Phi) is 2.48. The van der Waals surface area contributed by atoms with Crippen molar-refractivity contribution >= 4 is 11.8 Å². The number of carbonyl (C=O) groups is 2. The summed E-state index contributed by atoms with van der Waals surface area (Å²) < 4.78 is 5.42. The van der Waals surface area contributed by atoms with Crippen LogP contribution in [0.15, 0.2) is 24.3 Å². The monoisotopic (exact) mass is 344 g/mol. The van der Waals surface area contributed by atoms with Crippen LogP contribution in [0.2, 0.25) is 0 Å². The average molecular weight is 344 g/mol. The van der Waals surface area contributed by atoms with Crippen molar-refractivity contribution in [3.05, 3.63) is 24.3 Å². The van der Waals surface area contributed by atoms with Gasteiger partial charge in [0.25, 0.3) is 5.79 Å². The normalized spacial score (nSPS) is 58.5. The molecule has 4 aliphatic carbocycles. The first-order valence-electron chi connectivity index (χ1n) is 9.20. The van der Waals surface area contributed by atoms with Gasteiger partial charge in [-0.1, -0.05) is 26.0 Å². The highest BCUT2D eigenvalue weighted by molar-refractivity contribution is 6.11. The number of carbonyl (C=O) groups excluding carboxylic acids is 2. The Hall–Kier alpha value is -1.46. The van der Waals surface area contributed by atoms with Crippen molar-refractivity contribution in [1.29, 1.82) is 0 Å². The molecule has 5 rings (SSSR count). The number of hydrogen-bond donors (Lipinski definition) is 2. The molecule has 2 N–H and O–H groups in total. The summed E-state index contributed by atoms with van der Waals surface area (Å²) in [4.78, 5) is 26.4. The Balaban J connectivity index is 1.83. The number of ketones is 1. The second-order valence-corrected chi connectivity index (χ2v) is 9.24. The zero-order valence-corrected chi connectivity index (χ0v) is 14.7. The number of fused-ring (bicyclic) bond motifs is 2. The Morgan fingerprint density at radius 2 is 1.96 bits per heavy atom. The summed E-state index contributed by atoms with van der Waals surface area (Å²) in [5.41, 5.74) is -4.18. The summed E-state index contributed by atoms with van der Waals surface area (Å²) in [5, 5.41) is 23.1. The van der Waals surface area contributed by atoms with Gasteiger partial charge in [0.2, 0.25) is 5.78 Å². The molecule has 2 bridgehead atoms. The lowest BCUT2D eigenvalue weighted by molar-refractivity contribution is -0.252. The van der Waals surface area contributed by atoms with Gasteiger partial charge in [0, 0.05) is 11.0 Å². The molecule has 5 aliphatic rings. The predicted octanol–water partition coefficient (Wildman–Crippen LogP) is 1.88. The van der Waals surface area contributed by atoms with Crippen molar-refractivity contribution in [2.45, 2.75) is 57.3 Å². The quantitative estimate of drug-likeness (QED) is 0.560. The van der Waals surface area contributed by atoms with E-state index >= 15 is 0 Å². The standard InChI is InChI=1S/C20H24O5/c1-4-16(2)7-8-19(23)13(10-16)14(21)20(24)17(3)12-9-11(12)5-6-18(17,19)15(22)25-20/h4,10-12,23-24H,1,5-9H2,2-3H3/t11-,12-,16-,17+,18-,19-,20-/m0/s1. The molecular weight excluding hydrogens is 320 g/mol. The lowest BCUT2D eigenvalue weighted by atomic mass is 9.41. The molecule has 25 heavy (non-hydrogen) atoms. The van der Waals surface area contributed by atoms with E-state index in [9.17, 15) is 19.8 Å². The number of Topliss-reactive ketones (excluding diaryl/α,β-unsaturated/α-hetero) is 1. The number of aliphatic hydroxyl groups is 2. The smallest absolute Gasteiger partial charge is 0.319 e. The van der Waals surface area contributed by atoms with Crippen LogP contribution in [-0.4, -0.2) is 33.4 Å². The summed E-state index contributed by atoms with van der Waals surface area (Å²) in [5.74, 6) is -2.96. The van der Waals surface area contributed by atoms with Crippen molar-refractivity contribution < 1.29 is 24.5 Å². The number of ether oxygens (including phenoxy) is 1. The van der Waals surface area contributed by atoms with Gasteiger partial charge in [0.05, 0.1) is 5.41 Å². The van der Waals surface area contributed by atoms with Gasteiger partial charge < -0.3 is 14.9 Å². The molecule has 0 aromatic carbocycles. The Morgan fingerprint density at radius 3 is 2.64 bits per heavy atom. The van der Waals surface area contributed by atoms with E-state index in [1.54, 1.807) is 19.1 Å². The molecule has 0 radical (unpaired) electrons. The summed E-state index contributed by atoms with van der Waals surface area (Å²) >= 11 is 0. The number of esters is 1. The fraction of sp³-hybridized carbons (Fsp3) is 0.700. The third-order valence-corrected chi connectivity index (χ3v) is 8.40. The van der Waals surface area contributed by atoms with Crippen molar-refractivity contribution in [3.8, 4) is 0 Å². The van der Waals surface area contributed by atoms with E-state index < -0.39 is 39.4 Å². The zero-order valence-electron chi connectivity index (χ0n) is 14.7. The maximum Gasteiger partial charge on any atom is 0.319 e. The topological polar surface area (TPSA) is 83.8 Å². The molecule has 1 aliphatic heterocycles. The van der Waals surface area contributed by atoms with Crippen LogP contribution >= 0.6 is 0 Å². The molecule has 0 amide bonds. The first kappa shape index (κ1) is 15.8. The van der Waals surface area contributed by atoms with Gasteiger partial charge in [-0.15, -0.1) is 6.58 Å². The Bertz CT molecular complexity index is 785. The van der Waals surface area contributed by atoms with E-state index in [2.05, 4.69) is 6.58 Å². The van der Waals surface area contributed by atoms with E-state index in [1.807, 2.05) is 6.92 Å². The Labute approximate surface area is 146 Å². The van der Waals surface area contributed by atoms with Gasteiger partial charge in [-0.05, 0) is 43.9 Å². The molecule has 5 nitrogen and oxygen atoms in total. The Morgan fingerprint density at radius 1 is 1.24 bits per heavy atom. The molecule has 0 aromatic heterocycles. The van der Waals surface area contributed by atoms with Gasteiger partial charge in [-0.2, -0.15) is 0 Å². The molecule has 0 spiro atoms. The fourth-order valence-corrected chi connectivity index (χ4v) is 6.67. The predicted molar refractivity (Wildman–Crippen MR) is 88.0 cm³/mol. The molecule has 1 heterocycles. The lowest BCUT2D eigenvalue weighted by Crippen LogP contribution is -2.73. The van der Waals surface area contributed by atoms with E-state index in [4.69, 9.17) is 4.74 Å². The van der Waals surface area contributed by atoms with Gasteiger partial charge in [0.15, 0.2) is 0 Å². The molecule has 1 saturated heterocycles. The van der Waals surface area contributed by atoms with Gasteiger partial charge in [-0.3, -0.25) is 9.59 Å². The molecule has 0 unspecified atom stereocenters. The van der Waals surface area contributed by atoms with Crippen molar-refractivity contribution in [3.63, 3.8) is 0 Å². The van der Waals surface area contributed by atoms with E-state index in [-0.39, 0.29) is 11.5 Å². The van der Waals surface area contributed by atoms with Gasteiger partial charge in [0.1, 0.15) is 11.0 Å². The number of rotatable bonds is 1. The third-order valence-electron chi connectivity index (χ3n) is 8.40. The van der Waals surface area contributed by atoms with Crippen LogP contribution < -0.4 is 0 Å². The van der Waals surface area contributed by atoms with Crippen molar-refractivity contribution in [2.24, 2.45) is 28.1 Å². The van der Waals surface area contributed by atoms with Crippen molar-refractivity contribution in [2.75, 3.05) is 0 Å². The second-order valence-electron chi connectivity index (χ2n) is 9.24. The minimum atomic E-state index is -2.17. The molecule has 0 aromatic rings. The first-order chi connectivity index (χ1) is 11.6. The average Bonchev–Trinajstić information content (AvgIpc) is 3.33. The molecule has 134 valence electrons. The fourth-order valence-electron chi connectivity index (χ4n) is 6.67. The van der Waals surface area contributed by atoms with Crippen LogP contribution in [0.3, 0.4) is 0 Å². The van der Waals surface area contributed by atoms with E-state index in [1.165, 1.54) is 0 Å². The maximum absolute atomic E-state index is 13.3. The van der Waals surface area contributed by atoms with Crippen LogP contribution in [-0.2, 0) is 14.3 Å². The summed E-state index contributed by atoms with van der Waals surface area (Å²) in [6.45, 7) is 7.57. The molecule has 3 saturated carbocycles. The molecule has 4 fully saturated rings. The minimum absolute atomic E-state index is 0.0416. The number of allylic oxidation sites excluding steroid dienone is 2. The van der Waals surface area contributed by atoms with Crippen LogP contribution in [0.4, 0.5) is 0 Å². The van der Waals surface area contributed by atoms with Crippen LogP contribution in [0.1, 0.15) is 46.0 Å². The van der Waals surface area contributed by atoms with E-state index in [0.29, 0.717) is 25.2 Å². The summed E-state index contributed by atoms with van der Waals surface area (Å²) in [7, 11) is 0. The first-order valence-corrected chi connectivity index (χ1v) is 9.20. The van der Waals surface area contributed by atoms with Crippen LogP contribution in [0.25, 0.3) is 0 Å². The SMILES string of the molecule is C=C[C@]1(C)C=C2C(=O)[C@]3(O)OC(=O)[C@]4(CC[C@H]5C[C@@H]5[C@]43C)[C@]2(O)CC1. The molecule has 7 atom stereocenters. The highest BCUT2D eigenvalue weighted by atomic mass is 16.7. The summed E-state index contributed by atoms with van der Waals surface area (Å²) in [6.07, 6.45) is 6.52. The van der Waals surface area contributed by atoms with Gasteiger partial charge >= 0.3 is 5.97 Å². The summed E-state index contributed by atoms with van der Waals surface area (Å²) in [6, 6.07) is 0. The second kappa shape index (κ2) is 3.94. The molecular formula is C20H24O5. The third kappa shape index (κ3) is 1.30. The zero-order chi connectivity index (χ0) is 18.0. The minimum Gasteiger partial charge on any atom is -0.424 e. The van der Waals surface area contributed by atoms with Crippen LogP contribution in [0, 0.1) is 28.1 Å². The number of hydrogen-bond acceptors (Lipinski definition) is 5. The van der Waals surface area contributed by atoms with Crippen LogP contribution in [0.5, 0.6) is 0 Å². The van der Waals surface area contributed by atoms with Gasteiger partial charge in [-0.25, -0.2) is 0 Å². The maximum atomic E-state index is 13.3. The largest absolute Gasteiger partial charge is 0.424 e. The lowest BCUT2D eigenvalue weighted by Gasteiger charge is -2.60. The van der Waals surface area contributed by atoms with E-state index in [0.717, 1.165) is 12.8 Å². The highest BCUT2D eigenvalue weighted by Gasteiger charge is 2.90.